The van der Waals surface area contributed by atoms with E-state index < -0.39 is 0 Å². The van der Waals surface area contributed by atoms with E-state index in [1.165, 1.54) is 11.3 Å². The summed E-state index contributed by atoms with van der Waals surface area (Å²) in [5, 5.41) is 14.2. The second kappa shape index (κ2) is 8.69. The highest BCUT2D eigenvalue weighted by Gasteiger charge is 2.03. The summed E-state index contributed by atoms with van der Waals surface area (Å²) in [5.74, 6) is 0.0901. The van der Waals surface area contributed by atoms with Crippen LogP contribution in [0, 0.1) is 0 Å². The van der Waals surface area contributed by atoms with Gasteiger partial charge in [-0.1, -0.05) is 41.7 Å². The molecular weight excluding hydrogens is 314 g/mol. The molecule has 0 aliphatic heterocycles. The molecule has 1 aromatic carbocycles. The molecule has 0 atom stereocenters. The van der Waals surface area contributed by atoms with Crippen LogP contribution in [0.3, 0.4) is 0 Å². The van der Waals surface area contributed by atoms with Crippen molar-refractivity contribution in [1.29, 1.82) is 0 Å². The van der Waals surface area contributed by atoms with Gasteiger partial charge in [0.1, 0.15) is 5.01 Å². The van der Waals surface area contributed by atoms with Crippen molar-refractivity contribution in [2.75, 3.05) is 12.3 Å². The molecule has 122 valence electrons. The van der Waals surface area contributed by atoms with Crippen molar-refractivity contribution < 1.29 is 4.79 Å². The van der Waals surface area contributed by atoms with Gasteiger partial charge in [-0.15, -0.1) is 10.2 Å². The van der Waals surface area contributed by atoms with Crippen molar-refractivity contribution in [3.05, 3.63) is 40.9 Å². The normalized spacial score (nSPS) is 11.2. The van der Waals surface area contributed by atoms with Gasteiger partial charge in [0, 0.05) is 19.5 Å². The molecular formula is C14H19N7OS. The lowest BCUT2D eigenvalue weighted by atomic mass is 10.2. The van der Waals surface area contributed by atoms with Crippen LogP contribution in [0.1, 0.15) is 17.0 Å². The molecule has 23 heavy (non-hydrogen) atoms. The zero-order valence-corrected chi connectivity index (χ0v) is 13.3. The molecule has 0 saturated carbocycles. The van der Waals surface area contributed by atoms with Crippen molar-refractivity contribution in [1.82, 2.24) is 20.8 Å². The second-order valence-corrected chi connectivity index (χ2v) is 5.79. The van der Waals surface area contributed by atoms with Gasteiger partial charge in [0.05, 0.1) is 0 Å². The smallest absolute Gasteiger partial charge is 0.321 e. The number of rotatable bonds is 6. The minimum Gasteiger partial charge on any atom is -0.374 e. The fourth-order valence-electron chi connectivity index (χ4n) is 1.78. The first-order chi connectivity index (χ1) is 11.1. The summed E-state index contributed by atoms with van der Waals surface area (Å²) < 4.78 is 0. The highest BCUT2D eigenvalue weighted by atomic mass is 32.1. The third-order valence-electron chi connectivity index (χ3n) is 2.85. The molecule has 6 N–H and O–H groups in total. The number of nitrogens with one attached hydrogen (secondary N) is 2. The molecule has 9 heteroatoms. The Morgan fingerprint density at radius 2 is 2.04 bits per heavy atom. The lowest BCUT2D eigenvalue weighted by Crippen LogP contribution is -2.43. The molecule has 0 aliphatic carbocycles. The zero-order valence-electron chi connectivity index (χ0n) is 12.5. The van der Waals surface area contributed by atoms with E-state index in [0.29, 0.717) is 18.2 Å². The number of nitrogen functional groups attached to an aromatic ring is 1. The van der Waals surface area contributed by atoms with E-state index in [1.807, 2.05) is 30.3 Å². The predicted octanol–water partition coefficient (Wildman–Crippen LogP) is 0.867. The number of nitrogens with two attached hydrogens (primary N) is 2. The molecule has 2 rings (SSSR count). The van der Waals surface area contributed by atoms with Crippen molar-refractivity contribution in [2.24, 2.45) is 10.7 Å². The maximum atomic E-state index is 11.7. The molecule has 0 radical (unpaired) electrons. The number of aryl methyl sites for hydroxylation is 1. The van der Waals surface area contributed by atoms with Crippen molar-refractivity contribution in [2.45, 2.75) is 19.4 Å². The number of carbonyl (C=O) groups excluding carboxylic acids is 1. The number of aliphatic imine (C=N–C) groups is 1. The summed E-state index contributed by atoms with van der Waals surface area (Å²) in [7, 11) is 0. The highest BCUT2D eigenvalue weighted by Crippen LogP contribution is 2.12. The van der Waals surface area contributed by atoms with Crippen molar-refractivity contribution >= 4 is 28.5 Å². The topological polar surface area (TPSA) is 131 Å². The van der Waals surface area contributed by atoms with Crippen LogP contribution in [0.25, 0.3) is 0 Å². The summed E-state index contributed by atoms with van der Waals surface area (Å²) in [5.41, 5.74) is 12.2. The van der Waals surface area contributed by atoms with Gasteiger partial charge in [-0.05, 0) is 12.0 Å². The van der Waals surface area contributed by atoms with Gasteiger partial charge in [0.25, 0.3) is 0 Å². The number of benzene rings is 1. The molecule has 8 nitrogen and oxygen atoms in total. The SMILES string of the molecule is NC(=NCCCc1nnc(N)s1)NC(=O)NCc1ccccc1. The first-order valence-corrected chi connectivity index (χ1v) is 7.91. The number of guanidine groups is 1. The molecule has 2 aromatic rings. The van der Waals surface area contributed by atoms with Crippen LogP contribution in [0.2, 0.25) is 0 Å². The highest BCUT2D eigenvalue weighted by molar-refractivity contribution is 7.15. The van der Waals surface area contributed by atoms with E-state index in [2.05, 4.69) is 25.8 Å². The van der Waals surface area contributed by atoms with Crippen LogP contribution in [0.5, 0.6) is 0 Å². The standard InChI is InChI=1S/C14H19N7OS/c15-12(17-8-4-7-11-20-21-13(16)23-11)19-14(22)18-9-10-5-2-1-3-6-10/h1-3,5-6H,4,7-9H2,(H2,16,21)(H4,15,17,18,19,22). The Morgan fingerprint density at radius 1 is 1.26 bits per heavy atom. The number of anilines is 1. The number of nitrogens with zero attached hydrogens (tertiary/aromatic N) is 3. The molecule has 2 amide bonds. The molecule has 0 unspecified atom stereocenters. The molecule has 1 heterocycles. The van der Waals surface area contributed by atoms with Crippen LogP contribution < -0.4 is 22.1 Å². The minimum absolute atomic E-state index is 0.0901. The van der Waals surface area contributed by atoms with Gasteiger partial charge in [-0.25, -0.2) is 4.79 Å². The first-order valence-electron chi connectivity index (χ1n) is 7.10. The maximum absolute atomic E-state index is 11.7. The third kappa shape index (κ3) is 6.30. The largest absolute Gasteiger partial charge is 0.374 e. The van der Waals surface area contributed by atoms with Gasteiger partial charge >= 0.3 is 6.03 Å². The summed E-state index contributed by atoms with van der Waals surface area (Å²) >= 11 is 1.36. The van der Waals surface area contributed by atoms with Crippen molar-refractivity contribution in [3.8, 4) is 0 Å². The van der Waals surface area contributed by atoms with Gasteiger partial charge in [0.15, 0.2) is 5.96 Å². The quantitative estimate of drug-likeness (QED) is 0.354. The van der Waals surface area contributed by atoms with Crippen molar-refractivity contribution in [3.63, 3.8) is 0 Å². The van der Waals surface area contributed by atoms with Crippen LogP contribution >= 0.6 is 11.3 Å². The van der Waals surface area contributed by atoms with E-state index in [-0.39, 0.29) is 12.0 Å². The average molecular weight is 333 g/mol. The van der Waals surface area contributed by atoms with E-state index in [0.717, 1.165) is 23.4 Å². The Bertz CT molecular complexity index is 656. The Morgan fingerprint density at radius 3 is 2.74 bits per heavy atom. The molecule has 0 fully saturated rings. The molecule has 0 bridgehead atoms. The molecule has 0 saturated heterocycles. The van der Waals surface area contributed by atoms with Crippen LogP contribution in [0.15, 0.2) is 35.3 Å². The Balaban J connectivity index is 1.64. The lowest BCUT2D eigenvalue weighted by molar-refractivity contribution is 0.245. The number of aromatic nitrogens is 2. The van der Waals surface area contributed by atoms with Gasteiger partial charge in [-0.2, -0.15) is 0 Å². The van der Waals surface area contributed by atoms with Gasteiger partial charge in [-0.3, -0.25) is 10.3 Å². The van der Waals surface area contributed by atoms with Crippen LogP contribution in [0.4, 0.5) is 9.93 Å². The van der Waals surface area contributed by atoms with Gasteiger partial charge in [0.2, 0.25) is 5.13 Å². The second-order valence-electron chi connectivity index (χ2n) is 4.70. The van der Waals surface area contributed by atoms with E-state index in [9.17, 15) is 4.79 Å². The fourth-order valence-corrected chi connectivity index (χ4v) is 2.43. The number of hydrogen-bond acceptors (Lipinski definition) is 6. The summed E-state index contributed by atoms with van der Waals surface area (Å²) in [6.45, 7) is 0.919. The third-order valence-corrected chi connectivity index (χ3v) is 3.66. The number of amides is 2. The maximum Gasteiger partial charge on any atom is 0.321 e. The minimum atomic E-state index is -0.382. The van der Waals surface area contributed by atoms with Crippen LogP contribution in [-0.4, -0.2) is 28.7 Å². The fraction of sp³-hybridized carbons (Fsp3) is 0.286. The number of hydrogen-bond donors (Lipinski definition) is 4. The van der Waals surface area contributed by atoms with E-state index >= 15 is 0 Å². The summed E-state index contributed by atoms with van der Waals surface area (Å²) in [6.07, 6.45) is 1.48. The monoisotopic (exact) mass is 333 g/mol. The van der Waals surface area contributed by atoms with E-state index in [1.54, 1.807) is 0 Å². The summed E-state index contributed by atoms with van der Waals surface area (Å²) in [6, 6.07) is 9.22. The average Bonchev–Trinajstić information content (AvgIpc) is 2.96. The van der Waals surface area contributed by atoms with E-state index in [4.69, 9.17) is 11.5 Å². The number of urea groups is 1. The first kappa shape index (κ1) is 16.7. The lowest BCUT2D eigenvalue weighted by Gasteiger charge is -2.07. The van der Waals surface area contributed by atoms with Crippen LogP contribution in [-0.2, 0) is 13.0 Å². The summed E-state index contributed by atoms with van der Waals surface area (Å²) in [4.78, 5) is 15.8. The van der Waals surface area contributed by atoms with Gasteiger partial charge < -0.3 is 16.8 Å². The Hall–Kier alpha value is -2.68. The molecule has 0 aliphatic rings. The zero-order chi connectivity index (χ0) is 16.5. The molecule has 0 spiro atoms. The predicted molar refractivity (Wildman–Crippen MR) is 90.9 cm³/mol. The number of carbonyl (C=O) groups is 1. The Kier molecular flexibility index (Phi) is 6.30. The molecule has 1 aromatic heterocycles. The Labute approximate surface area is 138 Å².